The van der Waals surface area contributed by atoms with Gasteiger partial charge in [-0.05, 0) is 24.6 Å². The van der Waals surface area contributed by atoms with Crippen LogP contribution in [0.1, 0.15) is 22.8 Å². The quantitative estimate of drug-likeness (QED) is 0.658. The van der Waals surface area contributed by atoms with Crippen LogP contribution in [0.25, 0.3) is 6.08 Å². The molecule has 0 radical (unpaired) electrons. The van der Waals surface area contributed by atoms with Crippen molar-refractivity contribution in [2.75, 3.05) is 21.3 Å². The minimum absolute atomic E-state index is 0.0652. The molecule has 0 amide bonds. The van der Waals surface area contributed by atoms with Gasteiger partial charge in [-0.3, -0.25) is 0 Å². The van der Waals surface area contributed by atoms with Gasteiger partial charge in [-0.15, -0.1) is 0 Å². The summed E-state index contributed by atoms with van der Waals surface area (Å²) < 4.78 is 14.9. The Labute approximate surface area is 106 Å². The van der Waals surface area contributed by atoms with Crippen LogP contribution >= 0.6 is 0 Å². The third-order valence-electron chi connectivity index (χ3n) is 2.32. The molecule has 0 aliphatic carbocycles. The van der Waals surface area contributed by atoms with Crippen LogP contribution in [0.2, 0.25) is 0 Å². The molecule has 0 heterocycles. The smallest absolute Gasteiger partial charge is 0.342 e. The van der Waals surface area contributed by atoms with Crippen molar-refractivity contribution in [2.45, 2.75) is 6.92 Å². The summed E-state index contributed by atoms with van der Waals surface area (Å²) in [6.07, 6.45) is 1.44. The van der Waals surface area contributed by atoms with Crippen molar-refractivity contribution < 1.29 is 24.1 Å². The Hall–Kier alpha value is -2.17. The van der Waals surface area contributed by atoms with Gasteiger partial charge in [0.2, 0.25) is 0 Å². The molecule has 0 aliphatic heterocycles. The van der Waals surface area contributed by atoms with Gasteiger partial charge in [0.05, 0.1) is 27.1 Å². The fourth-order valence-electron chi connectivity index (χ4n) is 1.55. The molecular formula is C13H16O5. The number of ether oxygens (including phenoxy) is 3. The monoisotopic (exact) mass is 252 g/mol. The average molecular weight is 252 g/mol. The molecule has 1 aromatic carbocycles. The summed E-state index contributed by atoms with van der Waals surface area (Å²) in [4.78, 5) is 11.7. The summed E-state index contributed by atoms with van der Waals surface area (Å²) in [6, 6.07) is 3.20. The SMILES string of the molecule is COC(=O)c1c(/C=C(\C)O)cc(OC)cc1OC. The van der Waals surface area contributed by atoms with Crippen molar-refractivity contribution in [1.82, 2.24) is 0 Å². The highest BCUT2D eigenvalue weighted by atomic mass is 16.5. The zero-order valence-corrected chi connectivity index (χ0v) is 10.8. The molecule has 0 bridgehead atoms. The van der Waals surface area contributed by atoms with E-state index in [2.05, 4.69) is 0 Å². The molecule has 1 N–H and O–H groups in total. The zero-order valence-electron chi connectivity index (χ0n) is 10.8. The fraction of sp³-hybridized carbons (Fsp3) is 0.308. The summed E-state index contributed by atoms with van der Waals surface area (Å²) in [5, 5.41) is 9.34. The first-order valence-electron chi connectivity index (χ1n) is 5.25. The number of allylic oxidation sites excluding steroid dienone is 1. The average Bonchev–Trinajstić information content (AvgIpc) is 2.36. The lowest BCUT2D eigenvalue weighted by Crippen LogP contribution is -2.07. The molecule has 18 heavy (non-hydrogen) atoms. The second kappa shape index (κ2) is 5.95. The standard InChI is InChI=1S/C13H16O5/c1-8(14)5-9-6-10(16-2)7-11(17-3)12(9)13(15)18-4/h5-7,14H,1-4H3/b8-5+. The zero-order chi connectivity index (χ0) is 13.7. The Bertz CT molecular complexity index is 473. The van der Waals surface area contributed by atoms with Gasteiger partial charge in [0.1, 0.15) is 17.1 Å². The Morgan fingerprint density at radius 1 is 1.22 bits per heavy atom. The lowest BCUT2D eigenvalue weighted by molar-refractivity contribution is 0.0597. The van der Waals surface area contributed by atoms with E-state index in [1.807, 2.05) is 0 Å². The van der Waals surface area contributed by atoms with Crippen molar-refractivity contribution in [3.8, 4) is 11.5 Å². The summed E-state index contributed by atoms with van der Waals surface area (Å²) in [6.45, 7) is 1.51. The molecule has 0 spiro atoms. The third-order valence-corrected chi connectivity index (χ3v) is 2.32. The minimum atomic E-state index is -0.540. The third kappa shape index (κ3) is 2.94. The van der Waals surface area contributed by atoms with Crippen molar-refractivity contribution in [1.29, 1.82) is 0 Å². The van der Waals surface area contributed by atoms with Gasteiger partial charge in [-0.25, -0.2) is 4.79 Å². The van der Waals surface area contributed by atoms with Gasteiger partial charge in [0.15, 0.2) is 0 Å². The van der Waals surface area contributed by atoms with Crippen molar-refractivity contribution in [2.24, 2.45) is 0 Å². The van der Waals surface area contributed by atoms with Gasteiger partial charge >= 0.3 is 5.97 Å². The highest BCUT2D eigenvalue weighted by molar-refractivity contribution is 5.97. The van der Waals surface area contributed by atoms with Crippen molar-refractivity contribution in [3.63, 3.8) is 0 Å². The van der Waals surface area contributed by atoms with E-state index in [1.54, 1.807) is 12.1 Å². The van der Waals surface area contributed by atoms with Crippen LogP contribution in [-0.2, 0) is 4.74 Å². The van der Waals surface area contributed by atoms with E-state index in [1.165, 1.54) is 34.3 Å². The summed E-state index contributed by atoms with van der Waals surface area (Å²) in [5.41, 5.74) is 0.715. The van der Waals surface area contributed by atoms with Crippen LogP contribution in [-0.4, -0.2) is 32.4 Å². The number of methoxy groups -OCH3 is 3. The van der Waals surface area contributed by atoms with E-state index in [9.17, 15) is 9.90 Å². The van der Waals surface area contributed by atoms with E-state index < -0.39 is 5.97 Å². The first kappa shape index (κ1) is 13.9. The van der Waals surface area contributed by atoms with Crippen LogP contribution in [0.5, 0.6) is 11.5 Å². The Balaban J connectivity index is 3.51. The van der Waals surface area contributed by atoms with E-state index >= 15 is 0 Å². The van der Waals surface area contributed by atoms with Crippen LogP contribution < -0.4 is 9.47 Å². The van der Waals surface area contributed by atoms with E-state index in [-0.39, 0.29) is 11.3 Å². The lowest BCUT2D eigenvalue weighted by atomic mass is 10.0. The highest BCUT2D eigenvalue weighted by Crippen LogP contribution is 2.30. The number of carbonyl (C=O) groups excluding carboxylic acids is 1. The predicted molar refractivity (Wildman–Crippen MR) is 67.2 cm³/mol. The van der Waals surface area contributed by atoms with Crippen molar-refractivity contribution >= 4 is 12.0 Å². The van der Waals surface area contributed by atoms with Gasteiger partial charge in [-0.2, -0.15) is 0 Å². The Morgan fingerprint density at radius 3 is 2.33 bits per heavy atom. The second-order valence-corrected chi connectivity index (χ2v) is 3.57. The normalized spacial score (nSPS) is 11.0. The number of aliphatic hydroxyl groups is 1. The maximum atomic E-state index is 11.7. The van der Waals surface area contributed by atoms with Gasteiger partial charge in [-0.1, -0.05) is 0 Å². The number of aliphatic hydroxyl groups excluding tert-OH is 1. The van der Waals surface area contributed by atoms with Crippen LogP contribution in [0.3, 0.4) is 0 Å². The first-order chi connectivity index (χ1) is 8.53. The number of hydrogen-bond donors (Lipinski definition) is 1. The molecule has 0 aliphatic rings. The second-order valence-electron chi connectivity index (χ2n) is 3.57. The Kier molecular flexibility index (Phi) is 4.59. The van der Waals surface area contributed by atoms with Crippen LogP contribution in [0.4, 0.5) is 0 Å². The molecule has 0 unspecified atom stereocenters. The lowest BCUT2D eigenvalue weighted by Gasteiger charge is -2.12. The van der Waals surface area contributed by atoms with Gasteiger partial charge in [0.25, 0.3) is 0 Å². The molecule has 1 aromatic rings. The van der Waals surface area contributed by atoms with Crippen LogP contribution in [0, 0.1) is 0 Å². The molecule has 1 rings (SSSR count). The fourth-order valence-corrected chi connectivity index (χ4v) is 1.55. The largest absolute Gasteiger partial charge is 0.513 e. The number of rotatable bonds is 4. The molecule has 0 saturated heterocycles. The number of carbonyl (C=O) groups is 1. The maximum absolute atomic E-state index is 11.7. The topological polar surface area (TPSA) is 65.0 Å². The number of hydrogen-bond acceptors (Lipinski definition) is 5. The van der Waals surface area contributed by atoms with E-state index in [0.717, 1.165) is 0 Å². The minimum Gasteiger partial charge on any atom is -0.513 e. The molecule has 98 valence electrons. The molecule has 0 fully saturated rings. The molecule has 5 heteroatoms. The van der Waals surface area contributed by atoms with Gasteiger partial charge < -0.3 is 19.3 Å². The summed E-state index contributed by atoms with van der Waals surface area (Å²) >= 11 is 0. The molecule has 5 nitrogen and oxygen atoms in total. The van der Waals surface area contributed by atoms with Crippen LogP contribution in [0.15, 0.2) is 17.9 Å². The number of benzene rings is 1. The molecular weight excluding hydrogens is 236 g/mol. The number of esters is 1. The Morgan fingerprint density at radius 2 is 1.89 bits per heavy atom. The summed E-state index contributed by atoms with van der Waals surface area (Å²) in [7, 11) is 4.23. The molecule has 0 atom stereocenters. The molecule has 0 aromatic heterocycles. The van der Waals surface area contributed by atoms with Crippen molar-refractivity contribution in [3.05, 3.63) is 29.0 Å². The molecule has 0 saturated carbocycles. The van der Waals surface area contributed by atoms with E-state index in [0.29, 0.717) is 17.1 Å². The van der Waals surface area contributed by atoms with E-state index in [4.69, 9.17) is 14.2 Å². The highest BCUT2D eigenvalue weighted by Gasteiger charge is 2.19. The van der Waals surface area contributed by atoms with Gasteiger partial charge in [0, 0.05) is 6.07 Å². The predicted octanol–water partition coefficient (Wildman–Crippen LogP) is 2.41. The summed E-state index contributed by atoms with van der Waals surface area (Å²) in [5.74, 6) is 0.373. The maximum Gasteiger partial charge on any atom is 0.342 e. The first-order valence-corrected chi connectivity index (χ1v) is 5.25.